The van der Waals surface area contributed by atoms with E-state index < -0.39 is 10.0 Å². The molecule has 0 saturated carbocycles. The van der Waals surface area contributed by atoms with Crippen LogP contribution in [-0.4, -0.2) is 30.1 Å². The Labute approximate surface area is 121 Å². The van der Waals surface area contributed by atoms with E-state index in [4.69, 9.17) is 5.11 Å². The second-order valence-corrected chi connectivity index (χ2v) is 7.33. The topological polar surface area (TPSA) is 92.2 Å². The number of sulfonamides is 1. The maximum atomic E-state index is 12.1. The Morgan fingerprint density at radius 3 is 2.75 bits per heavy atom. The summed E-state index contributed by atoms with van der Waals surface area (Å²) in [6.45, 7) is 1.92. The normalized spacial score (nSPS) is 11.7. The molecule has 2 rings (SSSR count). The lowest BCUT2D eigenvalue weighted by Gasteiger charge is -2.04. The number of aliphatic hydroxyl groups excluding tert-OH is 1. The number of rotatable bonds is 6. The molecule has 0 saturated heterocycles. The Kier molecular flexibility index (Phi) is 4.81. The smallest absolute Gasteiger partial charge is 0.250 e. The number of hydrogen-bond acceptors (Lipinski definition) is 6. The van der Waals surface area contributed by atoms with Gasteiger partial charge in [-0.05, 0) is 19.1 Å². The first kappa shape index (κ1) is 15.0. The number of thiophene rings is 1. The molecule has 0 aliphatic rings. The minimum Gasteiger partial charge on any atom is -0.396 e. The Bertz CT molecular complexity index is 666. The standard InChI is InChI=1S/C12H15N3O3S2/c1-9-6-14-10(7-13-9)8-15-20(17,18)12-3-2-11(19-12)4-5-16/h2-3,6-7,15-16H,4-5,8H2,1H3. The van der Waals surface area contributed by atoms with Crippen molar-refractivity contribution in [2.24, 2.45) is 0 Å². The molecule has 2 heterocycles. The maximum absolute atomic E-state index is 12.1. The summed E-state index contributed by atoms with van der Waals surface area (Å²) in [7, 11) is -3.55. The van der Waals surface area contributed by atoms with Gasteiger partial charge in [0.1, 0.15) is 4.21 Å². The van der Waals surface area contributed by atoms with Gasteiger partial charge in [-0.3, -0.25) is 9.97 Å². The molecule has 6 nitrogen and oxygen atoms in total. The number of nitrogens with one attached hydrogen (secondary N) is 1. The summed E-state index contributed by atoms with van der Waals surface area (Å²) in [5.41, 5.74) is 1.34. The zero-order chi connectivity index (χ0) is 14.6. The monoisotopic (exact) mass is 313 g/mol. The molecule has 8 heteroatoms. The van der Waals surface area contributed by atoms with Crippen LogP contribution in [0, 0.1) is 6.92 Å². The van der Waals surface area contributed by atoms with Gasteiger partial charge in [-0.1, -0.05) is 0 Å². The van der Waals surface area contributed by atoms with E-state index >= 15 is 0 Å². The third kappa shape index (κ3) is 3.83. The molecule has 2 N–H and O–H groups in total. The predicted molar refractivity (Wildman–Crippen MR) is 75.9 cm³/mol. The van der Waals surface area contributed by atoms with Crippen molar-refractivity contribution in [1.82, 2.24) is 14.7 Å². The summed E-state index contributed by atoms with van der Waals surface area (Å²) in [5, 5.41) is 8.83. The van der Waals surface area contributed by atoms with Crippen LogP contribution in [0.1, 0.15) is 16.3 Å². The Morgan fingerprint density at radius 1 is 1.30 bits per heavy atom. The molecule has 20 heavy (non-hydrogen) atoms. The minimum absolute atomic E-state index is 0.00633. The van der Waals surface area contributed by atoms with Crippen molar-refractivity contribution >= 4 is 21.4 Å². The maximum Gasteiger partial charge on any atom is 0.250 e. The van der Waals surface area contributed by atoms with Gasteiger partial charge in [0.05, 0.1) is 24.1 Å². The minimum atomic E-state index is -3.55. The average Bonchev–Trinajstić information content (AvgIpc) is 2.88. The zero-order valence-corrected chi connectivity index (χ0v) is 12.5. The van der Waals surface area contributed by atoms with Crippen molar-refractivity contribution in [1.29, 1.82) is 0 Å². The number of aliphatic hydroxyl groups is 1. The number of aryl methyl sites for hydroxylation is 1. The summed E-state index contributed by atoms with van der Waals surface area (Å²) in [6.07, 6.45) is 3.60. The molecule has 0 aliphatic carbocycles. The van der Waals surface area contributed by atoms with Gasteiger partial charge in [0, 0.05) is 24.1 Å². The highest BCUT2D eigenvalue weighted by Gasteiger charge is 2.16. The van der Waals surface area contributed by atoms with Crippen LogP contribution >= 0.6 is 11.3 Å². The van der Waals surface area contributed by atoms with E-state index in [1.54, 1.807) is 24.5 Å². The second kappa shape index (κ2) is 6.40. The first-order chi connectivity index (χ1) is 9.51. The molecule has 0 aliphatic heterocycles. The van der Waals surface area contributed by atoms with Gasteiger partial charge >= 0.3 is 0 Å². The number of nitrogens with zero attached hydrogens (tertiary/aromatic N) is 2. The summed E-state index contributed by atoms with van der Waals surface area (Å²) in [5.74, 6) is 0. The largest absolute Gasteiger partial charge is 0.396 e. The van der Waals surface area contributed by atoms with Crippen LogP contribution in [0.5, 0.6) is 0 Å². The molecule has 0 spiro atoms. The molecular weight excluding hydrogens is 298 g/mol. The molecule has 0 atom stereocenters. The molecule has 0 radical (unpaired) electrons. The van der Waals surface area contributed by atoms with Crippen molar-refractivity contribution in [3.63, 3.8) is 0 Å². The number of aromatic nitrogens is 2. The quantitative estimate of drug-likeness (QED) is 0.825. The van der Waals surface area contributed by atoms with Gasteiger partial charge in [-0.2, -0.15) is 0 Å². The lowest BCUT2D eigenvalue weighted by atomic mass is 10.4. The van der Waals surface area contributed by atoms with E-state index in [-0.39, 0.29) is 17.4 Å². The zero-order valence-electron chi connectivity index (χ0n) is 10.9. The lowest BCUT2D eigenvalue weighted by Crippen LogP contribution is -2.23. The fourth-order valence-corrected chi connectivity index (χ4v) is 3.89. The van der Waals surface area contributed by atoms with Gasteiger partial charge in [-0.25, -0.2) is 13.1 Å². The summed E-state index contributed by atoms with van der Waals surface area (Å²) in [4.78, 5) is 8.99. The van der Waals surface area contributed by atoms with Gasteiger partial charge in [0.25, 0.3) is 0 Å². The van der Waals surface area contributed by atoms with Crippen LogP contribution < -0.4 is 4.72 Å². The van der Waals surface area contributed by atoms with E-state index in [1.165, 1.54) is 0 Å². The highest BCUT2D eigenvalue weighted by molar-refractivity contribution is 7.91. The fourth-order valence-electron chi connectivity index (χ4n) is 1.50. The molecule has 0 fully saturated rings. The van der Waals surface area contributed by atoms with E-state index in [1.807, 2.05) is 6.92 Å². The molecule has 0 bridgehead atoms. The molecule has 0 aromatic carbocycles. The lowest BCUT2D eigenvalue weighted by molar-refractivity contribution is 0.300. The summed E-state index contributed by atoms with van der Waals surface area (Å²) < 4.78 is 26.9. The molecule has 108 valence electrons. The Hall–Kier alpha value is -1.35. The van der Waals surface area contributed by atoms with Crippen LogP contribution in [0.15, 0.2) is 28.7 Å². The van der Waals surface area contributed by atoms with Crippen molar-refractivity contribution in [2.75, 3.05) is 6.61 Å². The van der Waals surface area contributed by atoms with Gasteiger partial charge in [0.2, 0.25) is 10.0 Å². The summed E-state index contributed by atoms with van der Waals surface area (Å²) in [6, 6.07) is 3.25. The van der Waals surface area contributed by atoms with Crippen molar-refractivity contribution < 1.29 is 13.5 Å². The first-order valence-corrected chi connectivity index (χ1v) is 8.28. The van der Waals surface area contributed by atoms with Crippen molar-refractivity contribution in [3.8, 4) is 0 Å². The van der Waals surface area contributed by atoms with Gasteiger partial charge < -0.3 is 5.11 Å². The van der Waals surface area contributed by atoms with Crippen molar-refractivity contribution in [3.05, 3.63) is 40.8 Å². The van der Waals surface area contributed by atoms with Crippen molar-refractivity contribution in [2.45, 2.75) is 24.1 Å². The van der Waals surface area contributed by atoms with E-state index in [0.29, 0.717) is 12.1 Å². The number of hydrogen-bond donors (Lipinski definition) is 2. The van der Waals surface area contributed by atoms with Crippen LogP contribution in [0.3, 0.4) is 0 Å². The van der Waals surface area contributed by atoms with E-state index in [2.05, 4.69) is 14.7 Å². The van der Waals surface area contributed by atoms with Gasteiger partial charge in [-0.15, -0.1) is 11.3 Å². The molecule has 0 unspecified atom stereocenters. The van der Waals surface area contributed by atoms with E-state index in [0.717, 1.165) is 21.9 Å². The fraction of sp³-hybridized carbons (Fsp3) is 0.333. The summed E-state index contributed by atoms with van der Waals surface area (Å²) >= 11 is 1.16. The molecule has 2 aromatic rings. The third-order valence-electron chi connectivity index (χ3n) is 2.54. The SMILES string of the molecule is Cc1cnc(CNS(=O)(=O)c2ccc(CCO)s2)cn1. The average molecular weight is 313 g/mol. The highest BCUT2D eigenvalue weighted by Crippen LogP contribution is 2.21. The second-order valence-electron chi connectivity index (χ2n) is 4.17. The van der Waals surface area contributed by atoms with Crippen LogP contribution in [0.25, 0.3) is 0 Å². The van der Waals surface area contributed by atoms with Crippen LogP contribution in [-0.2, 0) is 23.0 Å². The van der Waals surface area contributed by atoms with Crippen LogP contribution in [0.4, 0.5) is 0 Å². The third-order valence-corrected chi connectivity index (χ3v) is 5.58. The van der Waals surface area contributed by atoms with E-state index in [9.17, 15) is 8.42 Å². The van der Waals surface area contributed by atoms with Crippen LogP contribution in [0.2, 0.25) is 0 Å². The highest BCUT2D eigenvalue weighted by atomic mass is 32.2. The molecular formula is C12H15N3O3S2. The first-order valence-electron chi connectivity index (χ1n) is 5.98. The Morgan fingerprint density at radius 2 is 2.10 bits per heavy atom. The Balaban J connectivity index is 2.04. The predicted octanol–water partition coefficient (Wildman–Crippen LogP) is 0.860. The molecule has 0 amide bonds. The van der Waals surface area contributed by atoms with Gasteiger partial charge in [0.15, 0.2) is 0 Å². The molecule has 2 aromatic heterocycles.